The number of nitrogens with zero attached hydrogens (tertiary/aromatic N) is 1. The van der Waals surface area contributed by atoms with Gasteiger partial charge in [0.1, 0.15) is 0 Å². The third kappa shape index (κ3) is 6.91. The van der Waals surface area contributed by atoms with Gasteiger partial charge in [-0.1, -0.05) is 30.3 Å². The highest BCUT2D eigenvalue weighted by Crippen LogP contribution is 2.34. The van der Waals surface area contributed by atoms with Crippen LogP contribution in [0.5, 0.6) is 0 Å². The number of aromatic nitrogens is 1. The summed E-state index contributed by atoms with van der Waals surface area (Å²) in [4.78, 5) is 4.64. The standard InChI is InChI=1S/C23H32N2O3S/c1-17-13-18(2)25-23(14-17)21(15-24-29(3,26)27)16-28-22-11-9-20(10-12-22)19-7-5-4-6-8-19/h4-8,13-14,20-22,24H,9-12,15-16H2,1-3H3/t20-,21?,22+. The van der Waals surface area contributed by atoms with Crippen LogP contribution >= 0.6 is 0 Å². The van der Waals surface area contributed by atoms with Crippen molar-refractivity contribution >= 4 is 10.0 Å². The zero-order valence-electron chi connectivity index (χ0n) is 17.6. The first-order valence-corrected chi connectivity index (χ1v) is 12.3. The fourth-order valence-corrected chi connectivity index (χ4v) is 4.63. The first kappa shape index (κ1) is 21.9. The minimum atomic E-state index is -3.26. The molecule has 1 heterocycles. The van der Waals surface area contributed by atoms with Crippen LogP contribution in [0, 0.1) is 13.8 Å². The molecule has 2 aromatic rings. The normalized spacial score (nSPS) is 21.1. The first-order chi connectivity index (χ1) is 13.8. The van der Waals surface area contributed by atoms with Crippen molar-refractivity contribution < 1.29 is 13.2 Å². The number of rotatable bonds is 8. The smallest absolute Gasteiger partial charge is 0.208 e. The lowest BCUT2D eigenvalue weighted by atomic mass is 9.83. The fourth-order valence-electron chi connectivity index (χ4n) is 4.12. The van der Waals surface area contributed by atoms with E-state index in [1.165, 1.54) is 11.8 Å². The second-order valence-corrected chi connectivity index (χ2v) is 10.1. The number of pyridine rings is 1. The number of hydrogen-bond acceptors (Lipinski definition) is 4. The van der Waals surface area contributed by atoms with Crippen LogP contribution in [0.4, 0.5) is 0 Å². The van der Waals surface area contributed by atoms with Crippen LogP contribution in [-0.2, 0) is 14.8 Å². The quantitative estimate of drug-likeness (QED) is 0.704. The van der Waals surface area contributed by atoms with Crippen LogP contribution < -0.4 is 4.72 Å². The lowest BCUT2D eigenvalue weighted by Crippen LogP contribution is -2.31. The summed E-state index contributed by atoms with van der Waals surface area (Å²) in [6, 6.07) is 14.7. The van der Waals surface area contributed by atoms with E-state index in [0.29, 0.717) is 19.1 Å². The highest BCUT2D eigenvalue weighted by Gasteiger charge is 2.24. The summed E-state index contributed by atoms with van der Waals surface area (Å²) in [5, 5.41) is 0. The Balaban J connectivity index is 1.59. The summed E-state index contributed by atoms with van der Waals surface area (Å²) < 4.78 is 32.1. The molecular weight excluding hydrogens is 384 g/mol. The summed E-state index contributed by atoms with van der Waals surface area (Å²) in [5.74, 6) is 0.509. The Kier molecular flexibility index (Phi) is 7.44. The molecule has 0 saturated heterocycles. The number of sulfonamides is 1. The van der Waals surface area contributed by atoms with Gasteiger partial charge in [-0.15, -0.1) is 0 Å². The lowest BCUT2D eigenvalue weighted by molar-refractivity contribution is 0.0166. The van der Waals surface area contributed by atoms with E-state index in [0.717, 1.165) is 42.6 Å². The van der Waals surface area contributed by atoms with Crippen LogP contribution in [0.3, 0.4) is 0 Å². The molecule has 1 aromatic heterocycles. The molecule has 6 heteroatoms. The van der Waals surface area contributed by atoms with Gasteiger partial charge in [0.05, 0.1) is 19.0 Å². The molecule has 1 aromatic carbocycles. The Morgan fingerprint density at radius 2 is 1.79 bits per heavy atom. The molecule has 1 atom stereocenters. The van der Waals surface area contributed by atoms with Gasteiger partial charge in [0.25, 0.3) is 0 Å². The van der Waals surface area contributed by atoms with Crippen molar-refractivity contribution in [2.75, 3.05) is 19.4 Å². The summed E-state index contributed by atoms with van der Waals surface area (Å²) in [6.07, 6.45) is 5.73. The first-order valence-electron chi connectivity index (χ1n) is 10.4. The Labute approximate surface area is 175 Å². The summed E-state index contributed by atoms with van der Waals surface area (Å²) in [7, 11) is -3.26. The van der Waals surface area contributed by atoms with Crippen LogP contribution in [0.25, 0.3) is 0 Å². The number of aryl methyl sites for hydroxylation is 2. The van der Waals surface area contributed by atoms with Gasteiger partial charge in [0.2, 0.25) is 10.0 Å². The average molecular weight is 417 g/mol. The van der Waals surface area contributed by atoms with Gasteiger partial charge in [0.15, 0.2) is 0 Å². The molecule has 0 amide bonds. The van der Waals surface area contributed by atoms with E-state index in [1.807, 2.05) is 26.0 Å². The lowest BCUT2D eigenvalue weighted by Gasteiger charge is -2.30. The van der Waals surface area contributed by atoms with Crippen molar-refractivity contribution in [1.29, 1.82) is 0 Å². The Bertz CT molecular complexity index is 871. The Morgan fingerprint density at radius 3 is 2.41 bits per heavy atom. The molecule has 0 spiro atoms. The van der Waals surface area contributed by atoms with Crippen LogP contribution in [-0.4, -0.2) is 38.9 Å². The molecule has 158 valence electrons. The minimum absolute atomic E-state index is 0.102. The molecule has 1 saturated carbocycles. The van der Waals surface area contributed by atoms with Crippen molar-refractivity contribution in [3.05, 3.63) is 65.0 Å². The number of ether oxygens (including phenoxy) is 1. The van der Waals surface area contributed by atoms with Crippen LogP contribution in [0.15, 0.2) is 42.5 Å². The van der Waals surface area contributed by atoms with Crippen molar-refractivity contribution in [2.45, 2.75) is 57.5 Å². The van der Waals surface area contributed by atoms with Crippen molar-refractivity contribution in [1.82, 2.24) is 9.71 Å². The van der Waals surface area contributed by atoms with Crippen molar-refractivity contribution in [3.8, 4) is 0 Å². The fraction of sp³-hybridized carbons (Fsp3) is 0.522. The summed E-state index contributed by atoms with van der Waals surface area (Å²) in [6.45, 7) is 4.77. The highest BCUT2D eigenvalue weighted by atomic mass is 32.2. The van der Waals surface area contributed by atoms with Gasteiger partial charge in [-0.3, -0.25) is 4.98 Å². The van der Waals surface area contributed by atoms with Gasteiger partial charge >= 0.3 is 0 Å². The zero-order chi connectivity index (χ0) is 20.9. The molecule has 5 nitrogen and oxygen atoms in total. The van der Waals surface area contributed by atoms with E-state index in [1.54, 1.807) is 0 Å². The third-order valence-corrected chi connectivity index (χ3v) is 6.30. The second kappa shape index (κ2) is 9.83. The van der Waals surface area contributed by atoms with Gasteiger partial charge in [-0.2, -0.15) is 0 Å². The van der Waals surface area contributed by atoms with Crippen LogP contribution in [0.1, 0.15) is 60.0 Å². The predicted octanol–water partition coefficient (Wildman–Crippen LogP) is 4.07. The third-order valence-electron chi connectivity index (χ3n) is 5.61. The highest BCUT2D eigenvalue weighted by molar-refractivity contribution is 7.88. The van der Waals surface area contributed by atoms with Gasteiger partial charge in [-0.25, -0.2) is 13.1 Å². The molecule has 0 aliphatic heterocycles. The van der Waals surface area contributed by atoms with Gasteiger partial charge in [-0.05, 0) is 68.7 Å². The molecule has 1 aliphatic rings. The van der Waals surface area contributed by atoms with E-state index in [2.05, 4.69) is 40.0 Å². The topological polar surface area (TPSA) is 68.3 Å². The predicted molar refractivity (Wildman–Crippen MR) is 117 cm³/mol. The Morgan fingerprint density at radius 1 is 1.10 bits per heavy atom. The molecule has 3 rings (SSSR count). The zero-order valence-corrected chi connectivity index (χ0v) is 18.4. The molecule has 0 radical (unpaired) electrons. The average Bonchev–Trinajstić information content (AvgIpc) is 2.67. The van der Waals surface area contributed by atoms with E-state index in [-0.39, 0.29) is 12.0 Å². The SMILES string of the molecule is Cc1cc(C)nc(C(CNS(C)(=O)=O)CO[C@H]2CC[C@@H](c3ccccc3)CC2)c1. The summed E-state index contributed by atoms with van der Waals surface area (Å²) >= 11 is 0. The molecule has 0 bridgehead atoms. The minimum Gasteiger partial charge on any atom is -0.377 e. The maximum atomic E-state index is 11.6. The maximum absolute atomic E-state index is 11.6. The molecule has 1 unspecified atom stereocenters. The van der Waals surface area contributed by atoms with Gasteiger partial charge < -0.3 is 4.74 Å². The van der Waals surface area contributed by atoms with Gasteiger partial charge in [0, 0.05) is 23.9 Å². The van der Waals surface area contributed by atoms with Crippen molar-refractivity contribution in [3.63, 3.8) is 0 Å². The monoisotopic (exact) mass is 416 g/mol. The molecule has 1 fully saturated rings. The van der Waals surface area contributed by atoms with E-state index in [9.17, 15) is 8.42 Å². The van der Waals surface area contributed by atoms with Crippen molar-refractivity contribution in [2.24, 2.45) is 0 Å². The molecule has 1 N–H and O–H groups in total. The van der Waals surface area contributed by atoms with Crippen LogP contribution in [0.2, 0.25) is 0 Å². The number of hydrogen-bond donors (Lipinski definition) is 1. The molecular formula is C23H32N2O3S. The number of nitrogens with one attached hydrogen (secondary N) is 1. The molecule has 29 heavy (non-hydrogen) atoms. The largest absolute Gasteiger partial charge is 0.377 e. The second-order valence-electron chi connectivity index (χ2n) is 8.25. The molecule has 1 aliphatic carbocycles. The summed E-state index contributed by atoms with van der Waals surface area (Å²) in [5.41, 5.74) is 4.37. The maximum Gasteiger partial charge on any atom is 0.208 e. The Hall–Kier alpha value is -1.76. The number of benzene rings is 1. The van der Waals surface area contributed by atoms with E-state index in [4.69, 9.17) is 4.74 Å². The van der Waals surface area contributed by atoms with E-state index >= 15 is 0 Å². The van der Waals surface area contributed by atoms with E-state index < -0.39 is 10.0 Å².